The van der Waals surface area contributed by atoms with Crippen molar-refractivity contribution >= 4 is 34.8 Å². The predicted molar refractivity (Wildman–Crippen MR) is 152 cm³/mol. The molecule has 0 aliphatic carbocycles. The summed E-state index contributed by atoms with van der Waals surface area (Å²) in [5, 5.41) is 25.1. The molecule has 4 rings (SSSR count). The lowest BCUT2D eigenvalue weighted by atomic mass is 10.0. The van der Waals surface area contributed by atoms with E-state index >= 15 is 0 Å². The van der Waals surface area contributed by atoms with Gasteiger partial charge in [0.15, 0.2) is 0 Å². The number of nitriles is 2. The zero-order chi connectivity index (χ0) is 27.1. The SMILES string of the molecule is CCN(CC)c1ccc(C=C(C#N)c2nn(-c3ccccc3)c(N)c2C#N)c(OCc2ccc(Cl)cc2)c1. The highest BCUT2D eigenvalue weighted by Crippen LogP contribution is 2.32. The Hall–Kier alpha value is -4.72. The maximum atomic E-state index is 10.1. The summed E-state index contributed by atoms with van der Waals surface area (Å²) in [6.45, 7) is 6.19. The second-order valence-electron chi connectivity index (χ2n) is 8.45. The molecule has 0 saturated heterocycles. The van der Waals surface area contributed by atoms with Gasteiger partial charge in [-0.2, -0.15) is 15.6 Å². The molecule has 0 bridgehead atoms. The molecule has 0 aliphatic heterocycles. The van der Waals surface area contributed by atoms with Gasteiger partial charge in [0.25, 0.3) is 0 Å². The number of aromatic nitrogens is 2. The number of nitrogens with two attached hydrogens (primary N) is 1. The van der Waals surface area contributed by atoms with E-state index in [1.54, 1.807) is 6.08 Å². The zero-order valence-corrected chi connectivity index (χ0v) is 22.0. The van der Waals surface area contributed by atoms with Crippen molar-refractivity contribution in [2.75, 3.05) is 23.7 Å². The minimum atomic E-state index is 0.144. The Kier molecular flexibility index (Phi) is 8.33. The molecule has 2 N–H and O–H groups in total. The Balaban J connectivity index is 1.78. The third-order valence-corrected chi connectivity index (χ3v) is 6.39. The summed E-state index contributed by atoms with van der Waals surface area (Å²) >= 11 is 6.03. The van der Waals surface area contributed by atoms with Crippen LogP contribution in [0.4, 0.5) is 11.5 Å². The molecular formula is C30H27ClN6O. The molecule has 0 unspecified atom stereocenters. The number of hydrogen-bond acceptors (Lipinski definition) is 6. The maximum absolute atomic E-state index is 10.1. The van der Waals surface area contributed by atoms with Gasteiger partial charge in [0.2, 0.25) is 0 Å². The molecule has 0 saturated carbocycles. The van der Waals surface area contributed by atoms with Gasteiger partial charge in [-0.1, -0.05) is 41.9 Å². The van der Waals surface area contributed by atoms with Crippen LogP contribution in [-0.2, 0) is 6.61 Å². The van der Waals surface area contributed by atoms with Crippen LogP contribution in [0, 0.1) is 22.7 Å². The van der Waals surface area contributed by atoms with E-state index in [2.05, 4.69) is 36.0 Å². The molecule has 38 heavy (non-hydrogen) atoms. The second kappa shape index (κ2) is 12.0. The van der Waals surface area contributed by atoms with Crippen LogP contribution in [0.5, 0.6) is 5.75 Å². The van der Waals surface area contributed by atoms with E-state index in [-0.39, 0.29) is 22.6 Å². The molecule has 4 aromatic rings. The number of anilines is 2. The molecule has 3 aromatic carbocycles. The van der Waals surface area contributed by atoms with Crippen molar-refractivity contribution in [3.05, 3.63) is 100 Å². The molecule has 1 heterocycles. The summed E-state index contributed by atoms with van der Waals surface area (Å²) in [6, 6.07) is 26.9. The van der Waals surface area contributed by atoms with Crippen molar-refractivity contribution in [2.45, 2.75) is 20.5 Å². The standard InChI is InChI=1S/C30H27ClN6O/c1-3-36(4-2)26-15-12-22(28(17-26)38-20-21-10-13-24(31)14-11-21)16-23(18-32)29-27(19-33)30(34)37(35-29)25-8-6-5-7-9-25/h5-17H,3-4,20,34H2,1-2H3. The molecule has 0 atom stereocenters. The summed E-state index contributed by atoms with van der Waals surface area (Å²) in [6.07, 6.45) is 1.68. The van der Waals surface area contributed by atoms with E-state index in [1.807, 2.05) is 72.8 Å². The van der Waals surface area contributed by atoms with Crippen molar-refractivity contribution in [3.8, 4) is 23.6 Å². The van der Waals surface area contributed by atoms with Gasteiger partial charge in [0.05, 0.1) is 11.3 Å². The number of nitrogen functional groups attached to an aromatic ring is 1. The number of allylic oxidation sites excluding steroid dienone is 1. The number of nitrogens with zero attached hydrogens (tertiary/aromatic N) is 5. The highest BCUT2D eigenvalue weighted by atomic mass is 35.5. The van der Waals surface area contributed by atoms with Crippen molar-refractivity contribution < 1.29 is 4.74 Å². The number of benzene rings is 3. The molecule has 1 aromatic heterocycles. The molecule has 7 nitrogen and oxygen atoms in total. The highest BCUT2D eigenvalue weighted by molar-refractivity contribution is 6.30. The number of halogens is 1. The quantitative estimate of drug-likeness (QED) is 0.253. The van der Waals surface area contributed by atoms with Crippen molar-refractivity contribution in [2.24, 2.45) is 0 Å². The monoisotopic (exact) mass is 522 g/mol. The fourth-order valence-corrected chi connectivity index (χ4v) is 4.23. The van der Waals surface area contributed by atoms with Crippen LogP contribution < -0.4 is 15.4 Å². The third-order valence-electron chi connectivity index (χ3n) is 6.14. The fourth-order valence-electron chi connectivity index (χ4n) is 4.10. The lowest BCUT2D eigenvalue weighted by Crippen LogP contribution is -2.21. The third kappa shape index (κ3) is 5.64. The lowest BCUT2D eigenvalue weighted by molar-refractivity contribution is 0.305. The van der Waals surface area contributed by atoms with Gasteiger partial charge in [-0.15, -0.1) is 0 Å². The van der Waals surface area contributed by atoms with Crippen LogP contribution in [0.15, 0.2) is 72.8 Å². The maximum Gasteiger partial charge on any atom is 0.145 e. The van der Waals surface area contributed by atoms with Gasteiger partial charge >= 0.3 is 0 Å². The fraction of sp³-hybridized carbons (Fsp3) is 0.167. The topological polar surface area (TPSA) is 104 Å². The number of rotatable bonds is 9. The van der Waals surface area contributed by atoms with Crippen molar-refractivity contribution in [1.82, 2.24) is 9.78 Å². The van der Waals surface area contributed by atoms with Crippen LogP contribution in [0.3, 0.4) is 0 Å². The largest absolute Gasteiger partial charge is 0.488 e. The Labute approximate surface area is 227 Å². The average molecular weight is 523 g/mol. The van der Waals surface area contributed by atoms with E-state index in [9.17, 15) is 10.5 Å². The molecule has 0 amide bonds. The summed E-state index contributed by atoms with van der Waals surface area (Å²) in [4.78, 5) is 2.21. The van der Waals surface area contributed by atoms with E-state index in [0.29, 0.717) is 28.6 Å². The molecule has 0 radical (unpaired) electrons. The summed E-state index contributed by atoms with van der Waals surface area (Å²) in [5.41, 5.74) is 10.2. The summed E-state index contributed by atoms with van der Waals surface area (Å²) < 4.78 is 7.71. The first-order chi connectivity index (χ1) is 18.5. The minimum Gasteiger partial charge on any atom is -0.488 e. The number of ether oxygens (including phenoxy) is 1. The summed E-state index contributed by atoms with van der Waals surface area (Å²) in [5.74, 6) is 0.775. The smallest absolute Gasteiger partial charge is 0.145 e. The van der Waals surface area contributed by atoms with Crippen LogP contribution in [0.2, 0.25) is 5.02 Å². The van der Waals surface area contributed by atoms with Crippen LogP contribution >= 0.6 is 11.6 Å². The van der Waals surface area contributed by atoms with Gasteiger partial charge < -0.3 is 15.4 Å². The van der Waals surface area contributed by atoms with Gasteiger partial charge in [0, 0.05) is 35.4 Å². The van der Waals surface area contributed by atoms with Gasteiger partial charge in [-0.3, -0.25) is 0 Å². The van der Waals surface area contributed by atoms with Crippen molar-refractivity contribution in [1.29, 1.82) is 10.5 Å². The van der Waals surface area contributed by atoms with Crippen LogP contribution in [-0.4, -0.2) is 22.9 Å². The Morgan fingerprint density at radius 2 is 1.76 bits per heavy atom. The Bertz CT molecular complexity index is 1520. The van der Waals surface area contributed by atoms with Crippen molar-refractivity contribution in [3.63, 3.8) is 0 Å². The first-order valence-electron chi connectivity index (χ1n) is 12.2. The first-order valence-corrected chi connectivity index (χ1v) is 12.6. The van der Waals surface area contributed by atoms with E-state index in [1.165, 1.54) is 4.68 Å². The minimum absolute atomic E-state index is 0.144. The van der Waals surface area contributed by atoms with Crippen LogP contribution in [0.25, 0.3) is 17.3 Å². The Morgan fingerprint density at radius 1 is 1.05 bits per heavy atom. The molecule has 8 heteroatoms. The first kappa shape index (κ1) is 26.3. The number of hydrogen-bond donors (Lipinski definition) is 1. The molecule has 0 spiro atoms. The zero-order valence-electron chi connectivity index (χ0n) is 21.2. The molecular weight excluding hydrogens is 496 g/mol. The Morgan fingerprint density at radius 3 is 2.39 bits per heavy atom. The lowest BCUT2D eigenvalue weighted by Gasteiger charge is -2.22. The highest BCUT2D eigenvalue weighted by Gasteiger charge is 2.20. The number of para-hydroxylation sites is 1. The van der Waals surface area contributed by atoms with E-state index in [4.69, 9.17) is 22.1 Å². The van der Waals surface area contributed by atoms with Gasteiger partial charge in [-0.25, -0.2) is 4.68 Å². The van der Waals surface area contributed by atoms with Crippen LogP contribution in [0.1, 0.15) is 36.2 Å². The van der Waals surface area contributed by atoms with Gasteiger partial charge in [0.1, 0.15) is 41.6 Å². The normalized spacial score (nSPS) is 11.0. The predicted octanol–water partition coefficient (Wildman–Crippen LogP) is 6.47. The average Bonchev–Trinajstić information content (AvgIpc) is 3.29. The molecule has 0 aliphatic rings. The summed E-state index contributed by atoms with van der Waals surface area (Å²) in [7, 11) is 0. The molecule has 0 fully saturated rings. The van der Waals surface area contributed by atoms with E-state index in [0.717, 1.165) is 24.3 Å². The second-order valence-corrected chi connectivity index (χ2v) is 8.88. The molecule has 190 valence electrons. The van der Waals surface area contributed by atoms with E-state index < -0.39 is 0 Å². The van der Waals surface area contributed by atoms with Gasteiger partial charge in [-0.05, 0) is 61.9 Å².